The van der Waals surface area contributed by atoms with E-state index in [0.717, 1.165) is 50.2 Å². The van der Waals surface area contributed by atoms with Crippen LogP contribution in [0.4, 0.5) is 0 Å². The van der Waals surface area contributed by atoms with Gasteiger partial charge in [-0.3, -0.25) is 9.89 Å². The van der Waals surface area contributed by atoms with Gasteiger partial charge in [0.25, 0.3) is 5.56 Å². The second-order valence-corrected chi connectivity index (χ2v) is 5.08. The number of aromatic amines is 1. The molecule has 2 aliphatic rings. The lowest BCUT2D eigenvalue weighted by Gasteiger charge is -2.29. The summed E-state index contributed by atoms with van der Waals surface area (Å²) < 4.78 is 7.19. The van der Waals surface area contributed by atoms with Crippen LogP contribution in [-0.2, 0) is 17.8 Å². The van der Waals surface area contributed by atoms with Crippen molar-refractivity contribution >= 4 is 0 Å². The van der Waals surface area contributed by atoms with E-state index in [1.54, 1.807) is 0 Å². The van der Waals surface area contributed by atoms with Crippen LogP contribution in [0.2, 0.25) is 0 Å². The van der Waals surface area contributed by atoms with Crippen LogP contribution in [0.25, 0.3) is 0 Å². The number of hydrogen-bond donors (Lipinski definition) is 1. The summed E-state index contributed by atoms with van der Waals surface area (Å²) in [6, 6.07) is 0.337. The summed E-state index contributed by atoms with van der Waals surface area (Å²) in [6.45, 7) is 3.33. The van der Waals surface area contributed by atoms with Gasteiger partial charge in [-0.15, -0.1) is 0 Å². The van der Waals surface area contributed by atoms with Crippen LogP contribution in [0.15, 0.2) is 4.79 Å². The molecule has 5 nitrogen and oxygen atoms in total. The van der Waals surface area contributed by atoms with Crippen molar-refractivity contribution in [3.05, 3.63) is 21.6 Å². The largest absolute Gasteiger partial charge is 0.376 e. The van der Waals surface area contributed by atoms with Gasteiger partial charge in [0.05, 0.1) is 24.8 Å². The van der Waals surface area contributed by atoms with Gasteiger partial charge < -0.3 is 9.64 Å². The van der Waals surface area contributed by atoms with Crippen molar-refractivity contribution in [2.45, 2.75) is 31.9 Å². The Morgan fingerprint density at radius 1 is 1.35 bits per heavy atom. The normalized spacial score (nSPS) is 22.6. The fraction of sp³-hybridized carbons (Fsp3) is 0.750. The molecule has 1 fully saturated rings. The Kier molecular flexibility index (Phi) is 2.80. The molecule has 0 aromatic carbocycles. The minimum atomic E-state index is 0.134. The highest BCUT2D eigenvalue weighted by Gasteiger charge is 2.24. The van der Waals surface area contributed by atoms with Crippen molar-refractivity contribution in [1.29, 1.82) is 0 Å². The molecule has 0 radical (unpaired) electrons. The maximum atomic E-state index is 12.2. The Morgan fingerprint density at radius 3 is 2.82 bits per heavy atom. The quantitative estimate of drug-likeness (QED) is 0.774. The topological polar surface area (TPSA) is 50.3 Å². The van der Waals surface area contributed by atoms with Gasteiger partial charge in [0, 0.05) is 12.1 Å². The van der Waals surface area contributed by atoms with Crippen molar-refractivity contribution in [3.8, 4) is 0 Å². The first-order chi connectivity index (χ1) is 8.25. The van der Waals surface area contributed by atoms with E-state index in [-0.39, 0.29) is 5.56 Å². The van der Waals surface area contributed by atoms with Crippen molar-refractivity contribution < 1.29 is 4.74 Å². The summed E-state index contributed by atoms with van der Waals surface area (Å²) in [5.41, 5.74) is 2.06. The number of fused-ring (bicyclic) bond motifs is 1. The molecule has 0 saturated carbocycles. The molecule has 0 amide bonds. The molecule has 1 aromatic heterocycles. The number of likely N-dealkylation sites (tertiary alicyclic amines) is 1. The lowest BCUT2D eigenvalue weighted by Crippen LogP contribution is -2.35. The molecule has 0 spiro atoms. The van der Waals surface area contributed by atoms with Crippen LogP contribution >= 0.6 is 0 Å². The van der Waals surface area contributed by atoms with Gasteiger partial charge in [0.1, 0.15) is 0 Å². The number of aromatic nitrogens is 2. The molecule has 3 heterocycles. The molecule has 5 heteroatoms. The third-order valence-corrected chi connectivity index (χ3v) is 3.89. The molecule has 1 N–H and O–H groups in total. The fourth-order valence-electron chi connectivity index (χ4n) is 2.75. The molecule has 17 heavy (non-hydrogen) atoms. The number of ether oxygens (including phenoxy) is 1. The number of piperidine rings is 1. The second-order valence-electron chi connectivity index (χ2n) is 5.08. The zero-order valence-electron chi connectivity index (χ0n) is 10.2. The van der Waals surface area contributed by atoms with Crippen LogP contribution in [0.3, 0.4) is 0 Å². The molecule has 0 atom stereocenters. The molecule has 94 valence electrons. The van der Waals surface area contributed by atoms with E-state index < -0.39 is 0 Å². The van der Waals surface area contributed by atoms with Crippen LogP contribution in [0.1, 0.15) is 30.1 Å². The van der Waals surface area contributed by atoms with E-state index in [9.17, 15) is 4.79 Å². The first-order valence-electron chi connectivity index (χ1n) is 6.34. The number of nitrogens with one attached hydrogen (secondary N) is 1. The summed E-state index contributed by atoms with van der Waals surface area (Å²) >= 11 is 0. The van der Waals surface area contributed by atoms with Crippen LogP contribution < -0.4 is 5.56 Å². The Balaban J connectivity index is 1.88. The fourth-order valence-corrected chi connectivity index (χ4v) is 2.75. The number of rotatable bonds is 1. The summed E-state index contributed by atoms with van der Waals surface area (Å²) in [5, 5.41) is 3.29. The monoisotopic (exact) mass is 237 g/mol. The smallest absolute Gasteiger partial charge is 0.272 e. The predicted octanol–water partition coefficient (Wildman–Crippen LogP) is 0.516. The summed E-state index contributed by atoms with van der Waals surface area (Å²) in [4.78, 5) is 14.5. The molecule has 1 aromatic rings. The van der Waals surface area contributed by atoms with Crippen molar-refractivity contribution in [3.63, 3.8) is 0 Å². The molecule has 1 saturated heterocycles. The highest BCUT2D eigenvalue weighted by atomic mass is 16.5. The summed E-state index contributed by atoms with van der Waals surface area (Å²) in [7, 11) is 2.13. The third kappa shape index (κ3) is 1.93. The molecule has 3 rings (SSSR count). The van der Waals surface area contributed by atoms with Crippen molar-refractivity contribution in [2.24, 2.45) is 0 Å². The van der Waals surface area contributed by atoms with Gasteiger partial charge in [0.2, 0.25) is 0 Å². The number of hydrogen-bond acceptors (Lipinski definition) is 3. The number of H-pyrrole nitrogens is 1. The van der Waals surface area contributed by atoms with Crippen molar-refractivity contribution in [2.75, 3.05) is 26.7 Å². The van der Waals surface area contributed by atoms with E-state index in [1.165, 1.54) is 0 Å². The first kappa shape index (κ1) is 11.0. The average molecular weight is 237 g/mol. The van der Waals surface area contributed by atoms with E-state index in [1.807, 2.05) is 4.68 Å². The van der Waals surface area contributed by atoms with Gasteiger partial charge in [-0.25, -0.2) is 4.68 Å². The minimum absolute atomic E-state index is 0.134. The van der Waals surface area contributed by atoms with E-state index in [0.29, 0.717) is 12.6 Å². The van der Waals surface area contributed by atoms with Gasteiger partial charge in [0.15, 0.2) is 0 Å². The van der Waals surface area contributed by atoms with Crippen LogP contribution in [-0.4, -0.2) is 41.4 Å². The lowest BCUT2D eigenvalue weighted by molar-refractivity contribution is 0.109. The standard InChI is InChI=1S/C12H19N3O2/c1-14-5-2-9(3-6-14)15-12(16)10-8-17-7-4-11(10)13-15/h9,13H,2-8H2,1H3. The van der Waals surface area contributed by atoms with E-state index >= 15 is 0 Å². The Labute approximate surface area is 100 Å². The maximum absolute atomic E-state index is 12.2. The van der Waals surface area contributed by atoms with Crippen molar-refractivity contribution in [1.82, 2.24) is 14.7 Å². The van der Waals surface area contributed by atoms with Crippen LogP contribution in [0, 0.1) is 0 Å². The predicted molar refractivity (Wildman–Crippen MR) is 64.2 cm³/mol. The lowest BCUT2D eigenvalue weighted by atomic mass is 10.1. The van der Waals surface area contributed by atoms with Crippen LogP contribution in [0.5, 0.6) is 0 Å². The highest BCUT2D eigenvalue weighted by molar-refractivity contribution is 5.18. The molecule has 0 unspecified atom stereocenters. The molecule has 0 aliphatic carbocycles. The molecular weight excluding hydrogens is 218 g/mol. The van der Waals surface area contributed by atoms with Gasteiger partial charge in [-0.1, -0.05) is 0 Å². The van der Waals surface area contributed by atoms with Gasteiger partial charge in [-0.05, 0) is 33.0 Å². The van der Waals surface area contributed by atoms with Gasteiger partial charge >= 0.3 is 0 Å². The Bertz CT molecular complexity index is 455. The third-order valence-electron chi connectivity index (χ3n) is 3.89. The number of nitrogens with zero attached hydrogens (tertiary/aromatic N) is 2. The maximum Gasteiger partial charge on any atom is 0.272 e. The Morgan fingerprint density at radius 2 is 2.12 bits per heavy atom. The first-order valence-corrected chi connectivity index (χ1v) is 6.34. The Hall–Kier alpha value is -1.07. The zero-order valence-corrected chi connectivity index (χ0v) is 10.2. The van der Waals surface area contributed by atoms with Gasteiger partial charge in [-0.2, -0.15) is 0 Å². The van der Waals surface area contributed by atoms with E-state index in [4.69, 9.17) is 4.74 Å². The molecular formula is C12H19N3O2. The average Bonchev–Trinajstić information content (AvgIpc) is 2.69. The highest BCUT2D eigenvalue weighted by Crippen LogP contribution is 2.21. The molecule has 0 bridgehead atoms. The summed E-state index contributed by atoms with van der Waals surface area (Å²) in [5.74, 6) is 0. The SMILES string of the molecule is CN1CCC(n2[nH]c3c(c2=O)COCC3)CC1. The molecule has 2 aliphatic heterocycles. The summed E-state index contributed by atoms with van der Waals surface area (Å²) in [6.07, 6.45) is 2.94. The van der Waals surface area contributed by atoms with E-state index in [2.05, 4.69) is 17.0 Å². The second kappa shape index (κ2) is 4.31. The zero-order chi connectivity index (χ0) is 11.8. The minimum Gasteiger partial charge on any atom is -0.376 e.